The Labute approximate surface area is 188 Å². The molecule has 0 atom stereocenters. The maximum absolute atomic E-state index is 12.8. The molecule has 7 nitrogen and oxygen atoms in total. The highest BCUT2D eigenvalue weighted by atomic mass is 16.5. The summed E-state index contributed by atoms with van der Waals surface area (Å²) in [7, 11) is 7.02. The molecule has 0 spiro atoms. The quantitative estimate of drug-likeness (QED) is 0.524. The number of carbonyl (C=O) groups is 1. The van der Waals surface area contributed by atoms with E-state index in [2.05, 4.69) is 35.3 Å². The van der Waals surface area contributed by atoms with E-state index in [-0.39, 0.29) is 5.91 Å². The second kappa shape index (κ2) is 9.53. The maximum atomic E-state index is 12.8. The fourth-order valence-electron chi connectivity index (χ4n) is 4.33. The SMILES string of the molecule is COc1ccc2[nH]cc(CCN(C)CCCN3Cc4cc(OC)c(OC)cc4C3=O)c2c1. The number of ether oxygens (including phenoxy) is 3. The van der Waals surface area contributed by atoms with Crippen molar-refractivity contribution in [2.24, 2.45) is 0 Å². The highest BCUT2D eigenvalue weighted by Gasteiger charge is 2.29. The average Bonchev–Trinajstić information content (AvgIpc) is 3.36. The van der Waals surface area contributed by atoms with E-state index < -0.39 is 0 Å². The van der Waals surface area contributed by atoms with Crippen LogP contribution in [0.3, 0.4) is 0 Å². The van der Waals surface area contributed by atoms with Crippen LogP contribution in [0, 0.1) is 0 Å². The van der Waals surface area contributed by atoms with Crippen molar-refractivity contribution in [2.45, 2.75) is 19.4 Å². The number of likely N-dealkylation sites (N-methyl/N-ethyl adjacent to an activating group) is 1. The van der Waals surface area contributed by atoms with Gasteiger partial charge in [-0.25, -0.2) is 0 Å². The number of nitrogens with one attached hydrogen (secondary N) is 1. The lowest BCUT2D eigenvalue weighted by Crippen LogP contribution is -2.29. The Morgan fingerprint density at radius 3 is 2.56 bits per heavy atom. The Balaban J connectivity index is 1.28. The summed E-state index contributed by atoms with van der Waals surface area (Å²) in [5.41, 5.74) is 4.13. The Morgan fingerprint density at radius 2 is 1.81 bits per heavy atom. The molecule has 1 aliphatic heterocycles. The summed E-state index contributed by atoms with van der Waals surface area (Å²) < 4.78 is 16.1. The average molecular weight is 438 g/mol. The Bertz CT molecular complexity index is 1110. The monoisotopic (exact) mass is 437 g/mol. The van der Waals surface area contributed by atoms with E-state index in [0.29, 0.717) is 23.6 Å². The molecule has 0 bridgehead atoms. The predicted octanol–water partition coefficient (Wildman–Crippen LogP) is 3.71. The van der Waals surface area contributed by atoms with Gasteiger partial charge < -0.3 is 29.0 Å². The van der Waals surface area contributed by atoms with Crippen molar-refractivity contribution in [1.82, 2.24) is 14.8 Å². The van der Waals surface area contributed by atoms with Crippen molar-refractivity contribution >= 4 is 16.8 Å². The number of carbonyl (C=O) groups excluding carboxylic acids is 1. The maximum Gasteiger partial charge on any atom is 0.254 e. The summed E-state index contributed by atoms with van der Waals surface area (Å²) >= 11 is 0. The van der Waals surface area contributed by atoms with Crippen LogP contribution in [-0.2, 0) is 13.0 Å². The molecule has 32 heavy (non-hydrogen) atoms. The smallest absolute Gasteiger partial charge is 0.254 e. The van der Waals surface area contributed by atoms with Gasteiger partial charge in [0.1, 0.15) is 5.75 Å². The van der Waals surface area contributed by atoms with Gasteiger partial charge in [0, 0.05) is 42.3 Å². The number of amides is 1. The third-order valence-electron chi connectivity index (χ3n) is 6.19. The first-order valence-corrected chi connectivity index (χ1v) is 10.9. The zero-order chi connectivity index (χ0) is 22.7. The molecule has 2 heterocycles. The van der Waals surface area contributed by atoms with Crippen molar-refractivity contribution in [3.8, 4) is 17.2 Å². The number of nitrogens with zero attached hydrogens (tertiary/aromatic N) is 2. The van der Waals surface area contributed by atoms with Crippen molar-refractivity contribution in [3.05, 3.63) is 53.2 Å². The topological polar surface area (TPSA) is 67.0 Å². The van der Waals surface area contributed by atoms with E-state index in [1.807, 2.05) is 17.0 Å². The van der Waals surface area contributed by atoms with Crippen LogP contribution in [0.1, 0.15) is 27.9 Å². The summed E-state index contributed by atoms with van der Waals surface area (Å²) in [4.78, 5) is 20.4. The first-order chi connectivity index (χ1) is 15.5. The Hall–Kier alpha value is -3.19. The van der Waals surface area contributed by atoms with E-state index in [0.717, 1.165) is 49.3 Å². The van der Waals surface area contributed by atoms with Gasteiger partial charge in [0.05, 0.1) is 21.3 Å². The van der Waals surface area contributed by atoms with E-state index in [9.17, 15) is 4.79 Å². The fraction of sp³-hybridized carbons (Fsp3) is 0.400. The second-order valence-electron chi connectivity index (χ2n) is 8.22. The van der Waals surface area contributed by atoms with Gasteiger partial charge in [-0.3, -0.25) is 4.79 Å². The number of aromatic nitrogens is 1. The fourth-order valence-corrected chi connectivity index (χ4v) is 4.33. The van der Waals surface area contributed by atoms with Crippen LogP contribution in [0.5, 0.6) is 17.2 Å². The molecular weight excluding hydrogens is 406 g/mol. The number of hydrogen-bond acceptors (Lipinski definition) is 5. The number of fused-ring (bicyclic) bond motifs is 2. The van der Waals surface area contributed by atoms with Crippen LogP contribution >= 0.6 is 0 Å². The lowest BCUT2D eigenvalue weighted by molar-refractivity contribution is 0.0772. The standard InChI is InChI=1S/C25H31N3O4/c1-27(11-8-17-15-26-22-7-6-19(30-2)13-20(17)22)9-5-10-28-16-18-12-23(31-3)24(32-4)14-21(18)25(28)29/h6-7,12-15,26H,5,8-11,16H2,1-4H3. The van der Waals surface area contributed by atoms with Crippen LogP contribution in [-0.4, -0.2) is 68.7 Å². The molecular formula is C25H31N3O4. The first-order valence-electron chi connectivity index (χ1n) is 10.9. The molecule has 170 valence electrons. The first kappa shape index (κ1) is 22.0. The van der Waals surface area contributed by atoms with Crippen molar-refractivity contribution < 1.29 is 19.0 Å². The summed E-state index contributed by atoms with van der Waals surface area (Å²) in [5, 5.41) is 1.21. The Morgan fingerprint density at radius 1 is 1.03 bits per heavy atom. The van der Waals surface area contributed by atoms with E-state index >= 15 is 0 Å². The Kier molecular flexibility index (Phi) is 6.55. The van der Waals surface area contributed by atoms with Crippen LogP contribution in [0.15, 0.2) is 36.5 Å². The molecule has 1 N–H and O–H groups in total. The summed E-state index contributed by atoms with van der Waals surface area (Å²) in [5.74, 6) is 2.20. The molecule has 2 aromatic carbocycles. The molecule has 3 aromatic rings. The number of H-pyrrole nitrogens is 1. The minimum atomic E-state index is 0.0661. The summed E-state index contributed by atoms with van der Waals surface area (Å²) in [6.07, 6.45) is 3.96. The number of aromatic amines is 1. The van der Waals surface area contributed by atoms with Crippen LogP contribution in [0.4, 0.5) is 0 Å². The molecule has 4 rings (SSSR count). The van der Waals surface area contributed by atoms with Crippen LogP contribution < -0.4 is 14.2 Å². The second-order valence-corrected chi connectivity index (χ2v) is 8.22. The van der Waals surface area contributed by atoms with Gasteiger partial charge in [0.2, 0.25) is 0 Å². The lowest BCUT2D eigenvalue weighted by Gasteiger charge is -2.20. The highest BCUT2D eigenvalue weighted by molar-refractivity contribution is 5.99. The number of benzene rings is 2. The highest BCUT2D eigenvalue weighted by Crippen LogP contribution is 2.35. The molecule has 0 unspecified atom stereocenters. The van der Waals surface area contributed by atoms with Crippen LogP contribution in [0.25, 0.3) is 10.9 Å². The molecule has 1 amide bonds. The zero-order valence-electron chi connectivity index (χ0n) is 19.2. The molecule has 0 saturated carbocycles. The van der Waals surface area contributed by atoms with Gasteiger partial charge >= 0.3 is 0 Å². The molecule has 0 fully saturated rings. The third kappa shape index (κ3) is 4.39. The zero-order valence-corrected chi connectivity index (χ0v) is 19.2. The molecule has 7 heteroatoms. The predicted molar refractivity (Wildman–Crippen MR) is 125 cm³/mol. The normalized spacial score (nSPS) is 13.2. The minimum absolute atomic E-state index is 0.0661. The van der Waals surface area contributed by atoms with Crippen LogP contribution in [0.2, 0.25) is 0 Å². The van der Waals surface area contributed by atoms with Crippen molar-refractivity contribution in [2.75, 3.05) is 48.0 Å². The molecule has 0 saturated heterocycles. The van der Waals surface area contributed by atoms with E-state index in [1.54, 1.807) is 27.4 Å². The van der Waals surface area contributed by atoms with Gasteiger partial charge in [0.25, 0.3) is 5.91 Å². The minimum Gasteiger partial charge on any atom is -0.497 e. The van der Waals surface area contributed by atoms with Gasteiger partial charge in [-0.15, -0.1) is 0 Å². The number of hydrogen-bond donors (Lipinski definition) is 1. The van der Waals surface area contributed by atoms with E-state index in [1.165, 1.54) is 10.9 Å². The van der Waals surface area contributed by atoms with Gasteiger partial charge in [-0.2, -0.15) is 0 Å². The molecule has 0 radical (unpaired) electrons. The third-order valence-corrected chi connectivity index (χ3v) is 6.19. The van der Waals surface area contributed by atoms with Gasteiger partial charge in [-0.1, -0.05) is 0 Å². The molecule has 0 aliphatic carbocycles. The molecule has 1 aromatic heterocycles. The van der Waals surface area contributed by atoms with Gasteiger partial charge in [0.15, 0.2) is 11.5 Å². The van der Waals surface area contributed by atoms with Crippen molar-refractivity contribution in [1.29, 1.82) is 0 Å². The van der Waals surface area contributed by atoms with Gasteiger partial charge in [-0.05, 0) is 67.9 Å². The largest absolute Gasteiger partial charge is 0.497 e. The molecule has 1 aliphatic rings. The summed E-state index contributed by atoms with van der Waals surface area (Å²) in [6, 6.07) is 9.81. The lowest BCUT2D eigenvalue weighted by atomic mass is 10.1. The van der Waals surface area contributed by atoms with E-state index in [4.69, 9.17) is 14.2 Å². The van der Waals surface area contributed by atoms with Crippen molar-refractivity contribution in [3.63, 3.8) is 0 Å². The summed E-state index contributed by atoms with van der Waals surface area (Å²) in [6.45, 7) is 3.23. The number of methoxy groups -OCH3 is 3. The number of rotatable bonds is 10.